The Morgan fingerprint density at radius 3 is 2.70 bits per heavy atom. The predicted molar refractivity (Wildman–Crippen MR) is 72.8 cm³/mol. The first-order chi connectivity index (χ1) is 9.47. The van der Waals surface area contributed by atoms with Gasteiger partial charge in [-0.3, -0.25) is 4.57 Å². The zero-order valence-corrected chi connectivity index (χ0v) is 11.8. The number of aromatic amines is 1. The molecular weight excluding hydrogens is 282 g/mol. The van der Waals surface area contributed by atoms with Crippen LogP contribution in [0.15, 0.2) is 17.3 Å². The Morgan fingerprint density at radius 1 is 1.35 bits per heavy atom. The van der Waals surface area contributed by atoms with E-state index in [1.165, 1.54) is 16.9 Å². The highest BCUT2D eigenvalue weighted by Gasteiger charge is 2.27. The highest BCUT2D eigenvalue weighted by Crippen LogP contribution is 2.24. The molecular formula is C11H15N5O3S. The fourth-order valence-corrected chi connectivity index (χ4v) is 3.52. The van der Waals surface area contributed by atoms with Crippen LogP contribution in [0.25, 0.3) is 11.2 Å². The van der Waals surface area contributed by atoms with Gasteiger partial charge in [-0.05, 0) is 12.8 Å². The Labute approximate surface area is 115 Å². The van der Waals surface area contributed by atoms with Crippen LogP contribution in [0, 0.1) is 0 Å². The normalized spacial score (nSPS) is 18.6. The number of nitrogens with one attached hydrogen (secondary N) is 1. The molecule has 0 aliphatic carbocycles. The predicted octanol–water partition coefficient (Wildman–Crippen LogP) is -0.284. The van der Waals surface area contributed by atoms with Gasteiger partial charge in [0.2, 0.25) is 10.0 Å². The van der Waals surface area contributed by atoms with Gasteiger partial charge in [0, 0.05) is 19.1 Å². The zero-order chi connectivity index (χ0) is 14.3. The molecule has 2 aromatic rings. The molecule has 0 bridgehead atoms. The van der Waals surface area contributed by atoms with E-state index in [0.717, 1.165) is 0 Å². The van der Waals surface area contributed by atoms with Crippen molar-refractivity contribution in [1.82, 2.24) is 23.8 Å². The van der Waals surface area contributed by atoms with E-state index < -0.39 is 10.0 Å². The summed E-state index contributed by atoms with van der Waals surface area (Å²) in [7, 11) is -3.16. The van der Waals surface area contributed by atoms with Gasteiger partial charge >= 0.3 is 5.69 Å². The van der Waals surface area contributed by atoms with Crippen LogP contribution in [0.5, 0.6) is 0 Å². The Kier molecular flexibility index (Phi) is 3.09. The maximum absolute atomic E-state index is 12.0. The lowest BCUT2D eigenvalue weighted by atomic mass is 10.1. The van der Waals surface area contributed by atoms with E-state index >= 15 is 0 Å². The molecule has 0 unspecified atom stereocenters. The Balaban J connectivity index is 1.91. The summed E-state index contributed by atoms with van der Waals surface area (Å²) in [4.78, 5) is 22.7. The standard InChI is InChI=1S/C11H15N5O3S/c1-20(18,19)15-4-2-8(3-5-15)16-10-9(14-11(16)17)6-12-7-13-10/h6-8H,2-5H2,1H3,(H,14,17). The molecule has 108 valence electrons. The summed E-state index contributed by atoms with van der Waals surface area (Å²) < 4.78 is 26.0. The molecule has 1 aliphatic heterocycles. The zero-order valence-electron chi connectivity index (χ0n) is 11.0. The number of rotatable bonds is 2. The third-order valence-corrected chi connectivity index (χ3v) is 4.94. The van der Waals surface area contributed by atoms with E-state index in [1.807, 2.05) is 0 Å². The first kappa shape index (κ1) is 13.3. The van der Waals surface area contributed by atoms with Crippen molar-refractivity contribution in [3.63, 3.8) is 0 Å². The number of nitrogens with zero attached hydrogens (tertiary/aromatic N) is 4. The lowest BCUT2D eigenvalue weighted by Crippen LogP contribution is -2.39. The van der Waals surface area contributed by atoms with E-state index in [2.05, 4.69) is 15.0 Å². The smallest absolute Gasteiger partial charge is 0.303 e. The molecule has 1 N–H and O–H groups in total. The van der Waals surface area contributed by atoms with Crippen molar-refractivity contribution in [3.05, 3.63) is 23.0 Å². The third kappa shape index (κ3) is 2.22. The Morgan fingerprint density at radius 2 is 2.05 bits per heavy atom. The summed E-state index contributed by atoms with van der Waals surface area (Å²) in [5.41, 5.74) is 0.948. The number of H-pyrrole nitrogens is 1. The Hall–Kier alpha value is -1.74. The van der Waals surface area contributed by atoms with Crippen molar-refractivity contribution >= 4 is 21.2 Å². The van der Waals surface area contributed by atoms with Crippen LogP contribution in [-0.4, -0.2) is 51.6 Å². The second-order valence-electron chi connectivity index (χ2n) is 4.95. The molecule has 8 nitrogen and oxygen atoms in total. The molecule has 0 amide bonds. The first-order valence-corrected chi connectivity index (χ1v) is 8.17. The van der Waals surface area contributed by atoms with Crippen LogP contribution in [-0.2, 0) is 10.0 Å². The van der Waals surface area contributed by atoms with Crippen LogP contribution < -0.4 is 5.69 Å². The molecule has 9 heteroatoms. The highest BCUT2D eigenvalue weighted by atomic mass is 32.2. The molecule has 1 fully saturated rings. The van der Waals surface area contributed by atoms with Gasteiger partial charge in [-0.25, -0.2) is 27.5 Å². The van der Waals surface area contributed by atoms with Gasteiger partial charge in [-0.1, -0.05) is 0 Å². The maximum atomic E-state index is 12.0. The fourth-order valence-electron chi connectivity index (χ4n) is 2.65. The van der Waals surface area contributed by atoms with Crippen molar-refractivity contribution in [2.24, 2.45) is 0 Å². The number of hydrogen-bond acceptors (Lipinski definition) is 5. The van der Waals surface area contributed by atoms with Crippen molar-refractivity contribution in [2.45, 2.75) is 18.9 Å². The van der Waals surface area contributed by atoms with Crippen molar-refractivity contribution < 1.29 is 8.42 Å². The Bertz CT molecular complexity index is 786. The lowest BCUT2D eigenvalue weighted by molar-refractivity contribution is 0.275. The van der Waals surface area contributed by atoms with Gasteiger partial charge < -0.3 is 4.98 Å². The van der Waals surface area contributed by atoms with E-state index in [9.17, 15) is 13.2 Å². The van der Waals surface area contributed by atoms with E-state index in [0.29, 0.717) is 37.1 Å². The van der Waals surface area contributed by atoms with Crippen molar-refractivity contribution in [3.8, 4) is 0 Å². The largest absolute Gasteiger partial charge is 0.327 e. The molecule has 1 saturated heterocycles. The van der Waals surface area contributed by atoms with Gasteiger partial charge in [0.25, 0.3) is 0 Å². The van der Waals surface area contributed by atoms with Crippen LogP contribution in [0.4, 0.5) is 0 Å². The third-order valence-electron chi connectivity index (χ3n) is 3.64. The highest BCUT2D eigenvalue weighted by molar-refractivity contribution is 7.88. The van der Waals surface area contributed by atoms with Gasteiger partial charge in [0.1, 0.15) is 11.8 Å². The van der Waals surface area contributed by atoms with Crippen LogP contribution in [0.1, 0.15) is 18.9 Å². The number of piperidine rings is 1. The SMILES string of the molecule is CS(=O)(=O)N1CCC(n2c(=O)[nH]c3cncnc32)CC1. The van der Waals surface area contributed by atoms with E-state index in [-0.39, 0.29) is 11.7 Å². The second-order valence-corrected chi connectivity index (χ2v) is 6.94. The topological polar surface area (TPSA) is 101 Å². The summed E-state index contributed by atoms with van der Waals surface area (Å²) in [6, 6.07) is -0.0378. The molecule has 2 aromatic heterocycles. The molecule has 3 heterocycles. The lowest BCUT2D eigenvalue weighted by Gasteiger charge is -2.30. The maximum Gasteiger partial charge on any atom is 0.327 e. The van der Waals surface area contributed by atoms with E-state index in [4.69, 9.17) is 0 Å². The monoisotopic (exact) mass is 297 g/mol. The summed E-state index contributed by atoms with van der Waals surface area (Å²) in [5, 5.41) is 0. The van der Waals surface area contributed by atoms with Crippen molar-refractivity contribution in [2.75, 3.05) is 19.3 Å². The average Bonchev–Trinajstić information content (AvgIpc) is 2.73. The summed E-state index contributed by atoms with van der Waals surface area (Å²) in [5.74, 6) is 0. The van der Waals surface area contributed by atoms with Gasteiger partial charge in [0.05, 0.1) is 12.5 Å². The number of imidazole rings is 1. The van der Waals surface area contributed by atoms with Gasteiger partial charge in [-0.2, -0.15) is 0 Å². The minimum absolute atomic E-state index is 0.0378. The average molecular weight is 297 g/mol. The second kappa shape index (κ2) is 4.67. The summed E-state index contributed by atoms with van der Waals surface area (Å²) in [6.45, 7) is 0.849. The molecule has 0 radical (unpaired) electrons. The molecule has 0 spiro atoms. The minimum Gasteiger partial charge on any atom is -0.303 e. The molecule has 0 saturated carbocycles. The molecule has 0 aromatic carbocycles. The molecule has 20 heavy (non-hydrogen) atoms. The fraction of sp³-hybridized carbons (Fsp3) is 0.545. The van der Waals surface area contributed by atoms with Gasteiger partial charge in [0.15, 0.2) is 5.65 Å². The van der Waals surface area contributed by atoms with Crippen LogP contribution in [0.2, 0.25) is 0 Å². The quantitative estimate of drug-likeness (QED) is 0.821. The van der Waals surface area contributed by atoms with Crippen LogP contribution in [0.3, 0.4) is 0 Å². The minimum atomic E-state index is -3.16. The first-order valence-electron chi connectivity index (χ1n) is 6.32. The van der Waals surface area contributed by atoms with Crippen molar-refractivity contribution in [1.29, 1.82) is 0 Å². The number of hydrogen-bond donors (Lipinski definition) is 1. The summed E-state index contributed by atoms with van der Waals surface area (Å²) in [6.07, 6.45) is 5.37. The molecule has 1 aliphatic rings. The molecule has 3 rings (SSSR count). The van der Waals surface area contributed by atoms with Crippen LogP contribution >= 0.6 is 0 Å². The number of aromatic nitrogens is 4. The van der Waals surface area contributed by atoms with Gasteiger partial charge in [-0.15, -0.1) is 0 Å². The van der Waals surface area contributed by atoms with E-state index in [1.54, 1.807) is 10.8 Å². The number of fused-ring (bicyclic) bond motifs is 1. The number of sulfonamides is 1. The molecule has 0 atom stereocenters. The summed E-state index contributed by atoms with van der Waals surface area (Å²) >= 11 is 0.